The number of para-hydroxylation sites is 1. The Labute approximate surface area is 138 Å². The summed E-state index contributed by atoms with van der Waals surface area (Å²) in [4.78, 5) is 12.1. The summed E-state index contributed by atoms with van der Waals surface area (Å²) in [6.45, 7) is 4.51. The van der Waals surface area contributed by atoms with E-state index in [-0.39, 0.29) is 12.5 Å². The lowest BCUT2D eigenvalue weighted by molar-refractivity contribution is -0.121. The van der Waals surface area contributed by atoms with Crippen LogP contribution in [0.15, 0.2) is 24.3 Å². The zero-order chi connectivity index (χ0) is 17.5. The largest absolute Gasteiger partial charge is 0.496 e. The maximum Gasteiger partial charge on any atom is 0.235 e. The van der Waals surface area contributed by atoms with Gasteiger partial charge in [-0.15, -0.1) is 0 Å². The Morgan fingerprint density at radius 2 is 1.96 bits per heavy atom. The molecular weight excluding hydrogens is 316 g/mol. The van der Waals surface area contributed by atoms with Crippen LogP contribution in [-0.2, 0) is 21.4 Å². The second kappa shape index (κ2) is 8.88. The number of nitrogens with one attached hydrogen (secondary N) is 1. The molecule has 0 aliphatic rings. The molecule has 0 radical (unpaired) electrons. The molecule has 1 aromatic rings. The van der Waals surface area contributed by atoms with Crippen LogP contribution in [0, 0.1) is 5.92 Å². The van der Waals surface area contributed by atoms with Crippen LogP contribution in [0.3, 0.4) is 0 Å². The highest BCUT2D eigenvalue weighted by Crippen LogP contribution is 2.16. The topological polar surface area (TPSA) is 75.7 Å². The standard InChI is InChI=1S/C16H26N2O4S/c1-13(2)9-10-18(23(4,20)21)12-16(19)17-11-14-7-5-6-8-15(14)22-3/h5-8,13H,9-12H2,1-4H3,(H,17,19). The molecule has 0 unspecified atom stereocenters. The van der Waals surface area contributed by atoms with Crippen LogP contribution in [0.4, 0.5) is 0 Å². The van der Waals surface area contributed by atoms with Crippen LogP contribution in [0.25, 0.3) is 0 Å². The zero-order valence-corrected chi connectivity index (χ0v) is 15.0. The first-order chi connectivity index (χ1) is 10.7. The highest BCUT2D eigenvalue weighted by molar-refractivity contribution is 7.88. The van der Waals surface area contributed by atoms with Gasteiger partial charge in [0.15, 0.2) is 0 Å². The first-order valence-corrected chi connectivity index (χ1v) is 9.42. The molecule has 0 aliphatic heterocycles. The van der Waals surface area contributed by atoms with Gasteiger partial charge in [-0.25, -0.2) is 8.42 Å². The van der Waals surface area contributed by atoms with Gasteiger partial charge in [-0.2, -0.15) is 4.31 Å². The van der Waals surface area contributed by atoms with Gasteiger partial charge in [-0.3, -0.25) is 4.79 Å². The SMILES string of the molecule is COc1ccccc1CNC(=O)CN(CCC(C)C)S(C)(=O)=O. The Hall–Kier alpha value is -1.60. The van der Waals surface area contributed by atoms with Gasteiger partial charge in [-0.05, 0) is 18.4 Å². The predicted molar refractivity (Wildman–Crippen MR) is 90.7 cm³/mol. The number of carbonyl (C=O) groups excluding carboxylic acids is 1. The molecule has 1 aromatic carbocycles. The van der Waals surface area contributed by atoms with Crippen LogP contribution in [-0.4, -0.2) is 45.1 Å². The van der Waals surface area contributed by atoms with E-state index in [0.29, 0.717) is 31.2 Å². The molecule has 0 aromatic heterocycles. The third kappa shape index (κ3) is 7.00. The third-order valence-electron chi connectivity index (χ3n) is 3.41. The normalized spacial score (nSPS) is 11.7. The first kappa shape index (κ1) is 19.4. The number of hydrogen-bond acceptors (Lipinski definition) is 4. The molecule has 1 amide bonds. The van der Waals surface area contributed by atoms with Crippen LogP contribution in [0.5, 0.6) is 5.75 Å². The van der Waals surface area contributed by atoms with Gasteiger partial charge in [0.25, 0.3) is 0 Å². The number of rotatable bonds is 9. The molecule has 1 rings (SSSR count). The van der Waals surface area contributed by atoms with Crippen LogP contribution in [0.2, 0.25) is 0 Å². The molecule has 23 heavy (non-hydrogen) atoms. The number of hydrogen-bond donors (Lipinski definition) is 1. The molecular formula is C16H26N2O4S. The maximum atomic E-state index is 12.1. The van der Waals surface area contributed by atoms with Gasteiger partial charge in [0, 0.05) is 18.7 Å². The highest BCUT2D eigenvalue weighted by Gasteiger charge is 2.20. The van der Waals surface area contributed by atoms with Crippen molar-refractivity contribution in [1.82, 2.24) is 9.62 Å². The molecule has 0 fully saturated rings. The molecule has 0 heterocycles. The summed E-state index contributed by atoms with van der Waals surface area (Å²) < 4.78 is 30.0. The van der Waals surface area contributed by atoms with Gasteiger partial charge in [0.1, 0.15) is 5.75 Å². The number of amides is 1. The second-order valence-corrected chi connectivity index (χ2v) is 7.85. The molecule has 6 nitrogen and oxygen atoms in total. The molecule has 130 valence electrons. The summed E-state index contributed by atoms with van der Waals surface area (Å²) in [5, 5.41) is 2.74. The van der Waals surface area contributed by atoms with E-state index in [1.165, 1.54) is 4.31 Å². The van der Waals surface area contributed by atoms with Crippen molar-refractivity contribution in [2.75, 3.05) is 26.5 Å². The second-order valence-electron chi connectivity index (χ2n) is 5.87. The van der Waals surface area contributed by atoms with Crippen molar-refractivity contribution in [3.63, 3.8) is 0 Å². The Balaban J connectivity index is 2.62. The average molecular weight is 342 g/mol. The van der Waals surface area contributed by atoms with E-state index in [0.717, 1.165) is 11.8 Å². The predicted octanol–water partition coefficient (Wildman–Crippen LogP) is 1.62. The summed E-state index contributed by atoms with van der Waals surface area (Å²) in [6, 6.07) is 7.37. The summed E-state index contributed by atoms with van der Waals surface area (Å²) in [7, 11) is -1.84. The lowest BCUT2D eigenvalue weighted by atomic mass is 10.1. The first-order valence-electron chi connectivity index (χ1n) is 7.57. The van der Waals surface area contributed by atoms with E-state index >= 15 is 0 Å². The Morgan fingerprint density at radius 3 is 2.52 bits per heavy atom. The summed E-state index contributed by atoms with van der Waals surface area (Å²) in [6.07, 6.45) is 1.84. The van der Waals surface area contributed by atoms with Crippen molar-refractivity contribution in [2.45, 2.75) is 26.8 Å². The number of sulfonamides is 1. The minimum atomic E-state index is -3.40. The summed E-state index contributed by atoms with van der Waals surface area (Å²) in [5.74, 6) is 0.730. The molecule has 7 heteroatoms. The third-order valence-corrected chi connectivity index (χ3v) is 4.66. The van der Waals surface area contributed by atoms with Crippen molar-refractivity contribution < 1.29 is 17.9 Å². The van der Waals surface area contributed by atoms with Crippen molar-refractivity contribution >= 4 is 15.9 Å². The van der Waals surface area contributed by atoms with Crippen molar-refractivity contribution in [2.24, 2.45) is 5.92 Å². The monoisotopic (exact) mass is 342 g/mol. The van der Waals surface area contributed by atoms with Crippen molar-refractivity contribution in [3.05, 3.63) is 29.8 Å². The maximum absolute atomic E-state index is 12.1. The Kier molecular flexibility index (Phi) is 7.51. The molecule has 0 saturated carbocycles. The van der Waals surface area contributed by atoms with Crippen LogP contribution >= 0.6 is 0 Å². The van der Waals surface area contributed by atoms with Crippen molar-refractivity contribution in [1.29, 1.82) is 0 Å². The fraction of sp³-hybridized carbons (Fsp3) is 0.562. The van der Waals surface area contributed by atoms with Crippen LogP contribution in [0.1, 0.15) is 25.8 Å². The highest BCUT2D eigenvalue weighted by atomic mass is 32.2. The molecule has 0 saturated heterocycles. The quantitative estimate of drug-likeness (QED) is 0.740. The van der Waals surface area contributed by atoms with Gasteiger partial charge in [0.2, 0.25) is 15.9 Å². The molecule has 0 bridgehead atoms. The van der Waals surface area contributed by atoms with Crippen LogP contribution < -0.4 is 10.1 Å². The fourth-order valence-electron chi connectivity index (χ4n) is 2.02. The van der Waals surface area contributed by atoms with E-state index in [2.05, 4.69) is 5.32 Å². The molecule has 0 atom stereocenters. The van der Waals surface area contributed by atoms with Gasteiger partial charge >= 0.3 is 0 Å². The van der Waals surface area contributed by atoms with E-state index in [4.69, 9.17) is 4.74 Å². The lowest BCUT2D eigenvalue weighted by Gasteiger charge is -2.20. The number of methoxy groups -OCH3 is 1. The van der Waals surface area contributed by atoms with Gasteiger partial charge in [-0.1, -0.05) is 32.0 Å². The smallest absolute Gasteiger partial charge is 0.235 e. The fourth-order valence-corrected chi connectivity index (χ4v) is 2.81. The van der Waals surface area contributed by atoms with E-state index in [9.17, 15) is 13.2 Å². The molecule has 0 aliphatic carbocycles. The van der Waals surface area contributed by atoms with E-state index in [1.807, 2.05) is 38.1 Å². The minimum absolute atomic E-state index is 0.166. The van der Waals surface area contributed by atoms with E-state index in [1.54, 1.807) is 7.11 Å². The lowest BCUT2D eigenvalue weighted by Crippen LogP contribution is -2.40. The molecule has 1 N–H and O–H groups in total. The van der Waals surface area contributed by atoms with E-state index < -0.39 is 10.0 Å². The zero-order valence-electron chi connectivity index (χ0n) is 14.2. The minimum Gasteiger partial charge on any atom is -0.496 e. The van der Waals surface area contributed by atoms with Gasteiger partial charge < -0.3 is 10.1 Å². The van der Waals surface area contributed by atoms with Crippen molar-refractivity contribution in [3.8, 4) is 5.75 Å². The number of ether oxygens (including phenoxy) is 1. The average Bonchev–Trinajstić information content (AvgIpc) is 2.48. The molecule has 0 spiro atoms. The number of carbonyl (C=O) groups is 1. The Morgan fingerprint density at radius 1 is 1.30 bits per heavy atom. The summed E-state index contributed by atoms with van der Waals surface area (Å²) in [5.41, 5.74) is 0.844. The Bertz CT molecular complexity index is 614. The number of benzene rings is 1. The summed E-state index contributed by atoms with van der Waals surface area (Å²) >= 11 is 0. The number of nitrogens with zero attached hydrogens (tertiary/aromatic N) is 1. The van der Waals surface area contributed by atoms with Gasteiger partial charge in [0.05, 0.1) is 19.9 Å².